The molecule has 1 heterocycles. The maximum atomic E-state index is 4.37. The second kappa shape index (κ2) is 7.54. The van der Waals surface area contributed by atoms with E-state index in [0.717, 1.165) is 25.5 Å². The largest absolute Gasteiger partial charge is 0.337 e. The van der Waals surface area contributed by atoms with Gasteiger partial charge in [0.2, 0.25) is 0 Å². The molecule has 0 bridgehead atoms. The normalized spacial score (nSPS) is 15.0. The van der Waals surface area contributed by atoms with Gasteiger partial charge in [-0.05, 0) is 19.5 Å². The van der Waals surface area contributed by atoms with E-state index in [4.69, 9.17) is 0 Å². The highest BCUT2D eigenvalue weighted by Gasteiger charge is 2.17. The first-order valence-corrected chi connectivity index (χ1v) is 6.96. The van der Waals surface area contributed by atoms with Gasteiger partial charge in [0.25, 0.3) is 0 Å². The molecular weight excluding hydrogens is 224 g/mol. The molecule has 2 unspecified atom stereocenters. The predicted octanol–water partition coefficient (Wildman–Crippen LogP) is 1.88. The summed E-state index contributed by atoms with van der Waals surface area (Å²) in [7, 11) is 4.22. The highest BCUT2D eigenvalue weighted by molar-refractivity contribution is 4.91. The maximum Gasteiger partial charge on any atom is 0.122 e. The van der Waals surface area contributed by atoms with Gasteiger partial charge in [-0.2, -0.15) is 0 Å². The van der Waals surface area contributed by atoms with Gasteiger partial charge in [-0.1, -0.05) is 27.2 Å². The summed E-state index contributed by atoms with van der Waals surface area (Å²) in [5.74, 6) is 1.82. The summed E-state index contributed by atoms with van der Waals surface area (Å²) in [5, 5.41) is 3.59. The van der Waals surface area contributed by atoms with Crippen LogP contribution in [0.15, 0.2) is 12.4 Å². The second-order valence-electron chi connectivity index (χ2n) is 5.20. The summed E-state index contributed by atoms with van der Waals surface area (Å²) in [6.07, 6.45) is 5.08. The van der Waals surface area contributed by atoms with Gasteiger partial charge in [-0.3, -0.25) is 4.90 Å². The molecule has 1 aromatic heterocycles. The molecule has 1 aromatic rings. The number of nitrogens with one attached hydrogen (secondary N) is 1. The van der Waals surface area contributed by atoms with Gasteiger partial charge in [0, 0.05) is 32.0 Å². The fraction of sp³-hybridized carbons (Fsp3) is 0.786. The first-order valence-electron chi connectivity index (χ1n) is 6.96. The van der Waals surface area contributed by atoms with E-state index in [2.05, 4.69) is 47.6 Å². The average molecular weight is 252 g/mol. The van der Waals surface area contributed by atoms with Crippen molar-refractivity contribution in [1.29, 1.82) is 0 Å². The predicted molar refractivity (Wildman–Crippen MR) is 76.5 cm³/mol. The summed E-state index contributed by atoms with van der Waals surface area (Å²) in [5.41, 5.74) is 0. The van der Waals surface area contributed by atoms with Crippen molar-refractivity contribution in [2.45, 2.75) is 39.8 Å². The Bertz CT molecular complexity index is 334. The van der Waals surface area contributed by atoms with Crippen LogP contribution < -0.4 is 5.32 Å². The van der Waals surface area contributed by atoms with Crippen LogP contribution in [-0.4, -0.2) is 40.6 Å². The molecule has 4 heteroatoms. The number of hydrogen-bond acceptors (Lipinski definition) is 3. The zero-order chi connectivity index (χ0) is 13.5. The van der Waals surface area contributed by atoms with Gasteiger partial charge in [-0.15, -0.1) is 0 Å². The Balaban J connectivity index is 2.50. The van der Waals surface area contributed by atoms with Crippen molar-refractivity contribution >= 4 is 0 Å². The van der Waals surface area contributed by atoms with Crippen LogP contribution in [0.2, 0.25) is 0 Å². The minimum Gasteiger partial charge on any atom is -0.337 e. The smallest absolute Gasteiger partial charge is 0.122 e. The van der Waals surface area contributed by atoms with Gasteiger partial charge in [0.1, 0.15) is 5.82 Å². The Hall–Kier alpha value is -0.870. The Morgan fingerprint density at radius 3 is 2.67 bits per heavy atom. The molecule has 0 aliphatic rings. The van der Waals surface area contributed by atoms with E-state index in [9.17, 15) is 0 Å². The van der Waals surface area contributed by atoms with Crippen molar-refractivity contribution in [1.82, 2.24) is 19.8 Å². The first-order chi connectivity index (χ1) is 8.58. The van der Waals surface area contributed by atoms with Crippen molar-refractivity contribution in [2.75, 3.05) is 20.1 Å². The molecule has 1 rings (SSSR count). The molecule has 0 aliphatic heterocycles. The lowest BCUT2D eigenvalue weighted by molar-refractivity contribution is 0.235. The lowest BCUT2D eigenvalue weighted by Gasteiger charge is -2.28. The van der Waals surface area contributed by atoms with Crippen molar-refractivity contribution in [2.24, 2.45) is 13.0 Å². The molecule has 0 saturated carbocycles. The molecule has 0 saturated heterocycles. The third kappa shape index (κ3) is 4.42. The van der Waals surface area contributed by atoms with Crippen LogP contribution in [-0.2, 0) is 13.6 Å². The van der Waals surface area contributed by atoms with Crippen molar-refractivity contribution < 1.29 is 0 Å². The number of rotatable bonds is 8. The van der Waals surface area contributed by atoms with E-state index in [1.165, 1.54) is 6.42 Å². The first kappa shape index (κ1) is 15.2. The standard InChI is InChI=1S/C14H28N4/c1-6-12(3)13(15-7-2)10-17(4)11-14-16-8-9-18(14)5/h8-9,12-13,15H,6-7,10-11H2,1-5H3. The van der Waals surface area contributed by atoms with Crippen LogP contribution >= 0.6 is 0 Å². The summed E-state index contributed by atoms with van der Waals surface area (Å²) in [4.78, 5) is 6.72. The molecule has 18 heavy (non-hydrogen) atoms. The number of aromatic nitrogens is 2. The summed E-state index contributed by atoms with van der Waals surface area (Å²) in [6, 6.07) is 0.560. The molecule has 0 fully saturated rings. The van der Waals surface area contributed by atoms with Gasteiger partial charge in [0.05, 0.1) is 6.54 Å². The highest BCUT2D eigenvalue weighted by atomic mass is 15.2. The molecule has 1 N–H and O–H groups in total. The molecule has 104 valence electrons. The number of likely N-dealkylation sites (N-methyl/N-ethyl adjacent to an activating group) is 2. The van der Waals surface area contributed by atoms with E-state index in [-0.39, 0.29) is 0 Å². The maximum absolute atomic E-state index is 4.37. The van der Waals surface area contributed by atoms with Crippen LogP contribution in [0.25, 0.3) is 0 Å². The highest BCUT2D eigenvalue weighted by Crippen LogP contribution is 2.10. The van der Waals surface area contributed by atoms with Crippen LogP contribution in [0.3, 0.4) is 0 Å². The fourth-order valence-corrected chi connectivity index (χ4v) is 2.18. The number of hydrogen-bond donors (Lipinski definition) is 1. The van der Waals surface area contributed by atoms with Crippen LogP contribution in [0.4, 0.5) is 0 Å². The van der Waals surface area contributed by atoms with Crippen molar-refractivity contribution in [3.8, 4) is 0 Å². The van der Waals surface area contributed by atoms with Gasteiger partial charge < -0.3 is 9.88 Å². The molecule has 2 atom stereocenters. The Morgan fingerprint density at radius 1 is 1.44 bits per heavy atom. The minimum absolute atomic E-state index is 0.560. The minimum atomic E-state index is 0.560. The van der Waals surface area contributed by atoms with E-state index in [0.29, 0.717) is 12.0 Å². The zero-order valence-electron chi connectivity index (χ0n) is 12.5. The van der Waals surface area contributed by atoms with E-state index >= 15 is 0 Å². The van der Waals surface area contributed by atoms with Gasteiger partial charge in [0.15, 0.2) is 0 Å². The Kier molecular flexibility index (Phi) is 6.36. The third-order valence-electron chi connectivity index (χ3n) is 3.64. The monoisotopic (exact) mass is 252 g/mol. The molecule has 0 radical (unpaired) electrons. The summed E-state index contributed by atoms with van der Waals surface area (Å²) < 4.78 is 2.09. The summed E-state index contributed by atoms with van der Waals surface area (Å²) in [6.45, 7) is 9.76. The molecule has 0 spiro atoms. The Labute approximate surface area is 111 Å². The lowest BCUT2D eigenvalue weighted by atomic mass is 9.98. The Morgan fingerprint density at radius 2 is 2.17 bits per heavy atom. The third-order valence-corrected chi connectivity index (χ3v) is 3.64. The van der Waals surface area contributed by atoms with E-state index < -0.39 is 0 Å². The number of nitrogens with zero attached hydrogens (tertiary/aromatic N) is 3. The van der Waals surface area contributed by atoms with Crippen molar-refractivity contribution in [3.05, 3.63) is 18.2 Å². The van der Waals surface area contributed by atoms with Gasteiger partial charge in [-0.25, -0.2) is 4.98 Å². The molecule has 0 aromatic carbocycles. The van der Waals surface area contributed by atoms with Crippen LogP contribution in [0.5, 0.6) is 0 Å². The quantitative estimate of drug-likeness (QED) is 0.767. The van der Waals surface area contributed by atoms with Crippen molar-refractivity contribution in [3.63, 3.8) is 0 Å². The molecule has 4 nitrogen and oxygen atoms in total. The molecular formula is C14H28N4. The van der Waals surface area contributed by atoms with Crippen LogP contribution in [0, 0.1) is 5.92 Å². The number of aryl methyl sites for hydroxylation is 1. The average Bonchev–Trinajstić information content (AvgIpc) is 2.73. The van der Waals surface area contributed by atoms with Gasteiger partial charge >= 0.3 is 0 Å². The summed E-state index contributed by atoms with van der Waals surface area (Å²) >= 11 is 0. The van der Waals surface area contributed by atoms with E-state index in [1.807, 2.05) is 19.4 Å². The topological polar surface area (TPSA) is 33.1 Å². The SMILES string of the molecule is CCNC(CN(C)Cc1nccn1C)C(C)CC. The molecule has 0 amide bonds. The zero-order valence-corrected chi connectivity index (χ0v) is 12.5. The van der Waals surface area contributed by atoms with Crippen LogP contribution in [0.1, 0.15) is 33.0 Å². The molecule has 0 aliphatic carbocycles. The number of imidazole rings is 1. The second-order valence-corrected chi connectivity index (χ2v) is 5.20. The fourth-order valence-electron chi connectivity index (χ4n) is 2.18. The lowest BCUT2D eigenvalue weighted by Crippen LogP contribution is -2.43. The van der Waals surface area contributed by atoms with E-state index in [1.54, 1.807) is 0 Å².